The maximum absolute atomic E-state index is 15.9. The van der Waals surface area contributed by atoms with Crippen molar-refractivity contribution in [2.24, 2.45) is 5.16 Å². The molecule has 2 atom stereocenters. The van der Waals surface area contributed by atoms with Crippen LogP contribution in [0.25, 0.3) is 0 Å². The SMILES string of the molecule is Nc1nnc(SOC(=O)C2=CCCC3C(NC(=O)C(=NOC(c4ccccc4)(c4ccccc4)c4ccccc4)c4nc(NC(c5ccccc5)(c5ccccc5)c5ccccc5)sc4C(F)(F)F)C(=O)N23)s1. The van der Waals surface area contributed by atoms with E-state index in [0.717, 1.165) is 11.3 Å². The number of thiazole rings is 1. The molecule has 10 rings (SSSR count). The Labute approximate surface area is 428 Å². The first kappa shape index (κ1) is 48.5. The molecule has 4 heterocycles. The first-order valence-corrected chi connectivity index (χ1v) is 25.1. The number of rotatable bonds is 16. The van der Waals surface area contributed by atoms with Gasteiger partial charge in [0.15, 0.2) is 10.8 Å². The van der Waals surface area contributed by atoms with Crippen molar-refractivity contribution in [2.75, 3.05) is 11.1 Å². The molecule has 1 saturated heterocycles. The first-order chi connectivity index (χ1) is 35.5. The van der Waals surface area contributed by atoms with Gasteiger partial charge in [0.25, 0.3) is 11.8 Å². The number of allylic oxidation sites excluding steroid dienone is 1. The van der Waals surface area contributed by atoms with Gasteiger partial charge in [0.2, 0.25) is 15.1 Å². The van der Waals surface area contributed by atoms with Crippen molar-refractivity contribution in [3.05, 3.63) is 238 Å². The number of β-lactam (4-membered cyclic amide) rings is 1. The lowest BCUT2D eigenvalue weighted by atomic mass is 9.77. The number of nitrogens with zero attached hydrogens (tertiary/aromatic N) is 5. The van der Waals surface area contributed by atoms with E-state index in [0.29, 0.717) is 69.6 Å². The largest absolute Gasteiger partial charge is 0.427 e. The van der Waals surface area contributed by atoms with Crippen molar-refractivity contribution in [1.29, 1.82) is 0 Å². The van der Waals surface area contributed by atoms with Gasteiger partial charge in [0.05, 0.1) is 6.04 Å². The Bertz CT molecular complexity index is 3120. The second-order valence-corrected chi connectivity index (χ2v) is 19.7. The Balaban J connectivity index is 1.10. The summed E-state index contributed by atoms with van der Waals surface area (Å²) in [6.45, 7) is 0. The van der Waals surface area contributed by atoms with Gasteiger partial charge in [0.1, 0.15) is 39.9 Å². The van der Waals surface area contributed by atoms with E-state index in [1.165, 1.54) is 4.90 Å². The number of anilines is 2. The second kappa shape index (κ2) is 20.5. The number of nitrogen functional groups attached to an aromatic ring is 1. The molecule has 2 aliphatic heterocycles. The molecule has 0 bridgehead atoms. The average Bonchev–Trinajstić information content (AvgIpc) is 4.07. The van der Waals surface area contributed by atoms with Crippen LogP contribution in [0.4, 0.5) is 23.4 Å². The molecule has 0 radical (unpaired) electrons. The van der Waals surface area contributed by atoms with Gasteiger partial charge in [0, 0.05) is 16.7 Å². The average molecular weight is 1040 g/mol. The number of fused-ring (bicyclic) bond motifs is 1. The minimum atomic E-state index is -5.09. The molecule has 2 aromatic heterocycles. The highest BCUT2D eigenvalue weighted by Crippen LogP contribution is 2.46. The van der Waals surface area contributed by atoms with E-state index in [9.17, 15) is 9.59 Å². The molecule has 0 saturated carbocycles. The summed E-state index contributed by atoms with van der Waals surface area (Å²) in [5, 5.41) is 18.1. The molecule has 1 fully saturated rings. The lowest BCUT2D eigenvalue weighted by Crippen LogP contribution is -2.71. The van der Waals surface area contributed by atoms with Gasteiger partial charge >= 0.3 is 12.1 Å². The lowest BCUT2D eigenvalue weighted by Gasteiger charge is -2.49. The van der Waals surface area contributed by atoms with Gasteiger partial charge in [-0.05, 0) is 29.5 Å². The standard InChI is InChI=1S/C54H41F3N8O5S3/c55-54(56,57)45-43(60-50(71-45)61-52(34-20-7-1-8-21-34,35-22-9-2-10-23-35)36-24-11-3-12-25-36)44(64-70-53(37-26-13-4-14-27-37,38-28-15-5-16-29-38)39-30-17-6-18-31-39)46(66)59-42-40-32-19-33-41(65(40)47(42)67)48(68)69-73-51-63-62-49(58)72-51/h1-18,20-31,33,40,42H,19,32H2,(H2,58,62)(H,59,66)(H,60,61). The van der Waals surface area contributed by atoms with E-state index in [-0.39, 0.29) is 20.3 Å². The maximum Gasteiger partial charge on any atom is 0.427 e. The minimum Gasteiger partial charge on any atom is -0.379 e. The van der Waals surface area contributed by atoms with Crippen LogP contribution in [-0.2, 0) is 40.7 Å². The zero-order chi connectivity index (χ0) is 50.6. The smallest absolute Gasteiger partial charge is 0.379 e. The number of hydrogen-bond donors (Lipinski definition) is 3. The first-order valence-electron chi connectivity index (χ1n) is 22.7. The van der Waals surface area contributed by atoms with Gasteiger partial charge in [-0.3, -0.25) is 14.5 Å². The minimum absolute atomic E-state index is 0.0689. The summed E-state index contributed by atoms with van der Waals surface area (Å²) in [7, 11) is 0. The van der Waals surface area contributed by atoms with Gasteiger partial charge in [-0.25, -0.2) is 9.78 Å². The highest BCUT2D eigenvalue weighted by Gasteiger charge is 2.53. The van der Waals surface area contributed by atoms with Crippen LogP contribution in [0, 0.1) is 0 Å². The monoisotopic (exact) mass is 1030 g/mol. The van der Waals surface area contributed by atoms with Crippen molar-refractivity contribution in [3.63, 3.8) is 0 Å². The van der Waals surface area contributed by atoms with Crippen LogP contribution in [-0.4, -0.2) is 55.7 Å². The zero-order valence-corrected chi connectivity index (χ0v) is 40.6. The topological polar surface area (TPSA) is 174 Å². The van der Waals surface area contributed by atoms with Gasteiger partial charge < -0.3 is 25.4 Å². The number of nitrogens with two attached hydrogens (primary N) is 1. The molecule has 2 amide bonds. The van der Waals surface area contributed by atoms with Crippen LogP contribution >= 0.6 is 34.7 Å². The third kappa shape index (κ3) is 9.45. The zero-order valence-electron chi connectivity index (χ0n) is 38.2. The molecule has 73 heavy (non-hydrogen) atoms. The number of oxime groups is 1. The number of carbonyl (C=O) groups excluding carboxylic acids is 3. The Hall–Kier alpha value is -8.13. The lowest BCUT2D eigenvalue weighted by molar-refractivity contribution is -0.154. The summed E-state index contributed by atoms with van der Waals surface area (Å²) in [5.41, 5.74) is 4.58. The summed E-state index contributed by atoms with van der Waals surface area (Å²) in [6.07, 6.45) is -2.94. The number of nitrogens with one attached hydrogen (secondary N) is 2. The Kier molecular flexibility index (Phi) is 13.6. The van der Waals surface area contributed by atoms with Crippen LogP contribution in [0.15, 0.2) is 203 Å². The molecular formula is C54H41F3N8O5S3. The molecular weight excluding hydrogens is 994 g/mol. The van der Waals surface area contributed by atoms with Crippen molar-refractivity contribution < 1.29 is 36.6 Å². The normalized spacial score (nSPS) is 15.9. The number of halogens is 3. The fraction of sp³-hybridized carbons (Fsp3) is 0.130. The Morgan fingerprint density at radius 1 is 0.699 bits per heavy atom. The fourth-order valence-corrected chi connectivity index (χ4v) is 11.2. The molecule has 13 nitrogen and oxygen atoms in total. The fourth-order valence-electron chi connectivity index (χ4n) is 9.20. The second-order valence-electron chi connectivity index (χ2n) is 16.7. The van der Waals surface area contributed by atoms with Crippen LogP contribution in [0.1, 0.15) is 56.8 Å². The van der Waals surface area contributed by atoms with Gasteiger partial charge in [-0.1, -0.05) is 216 Å². The third-order valence-electron chi connectivity index (χ3n) is 12.4. The van der Waals surface area contributed by atoms with Gasteiger partial charge in [-0.15, -0.1) is 10.2 Å². The Morgan fingerprint density at radius 2 is 1.18 bits per heavy atom. The molecule has 4 N–H and O–H groups in total. The molecule has 6 aromatic carbocycles. The Morgan fingerprint density at radius 3 is 1.63 bits per heavy atom. The molecule has 366 valence electrons. The van der Waals surface area contributed by atoms with Crippen molar-refractivity contribution in [3.8, 4) is 0 Å². The molecule has 2 aliphatic rings. The van der Waals surface area contributed by atoms with Crippen LogP contribution in [0.2, 0.25) is 0 Å². The van der Waals surface area contributed by atoms with Crippen molar-refractivity contribution >= 4 is 68.5 Å². The summed E-state index contributed by atoms with van der Waals surface area (Å²) >= 11 is 1.92. The predicted molar refractivity (Wildman–Crippen MR) is 273 cm³/mol. The van der Waals surface area contributed by atoms with Crippen LogP contribution < -0.4 is 16.4 Å². The highest BCUT2D eigenvalue weighted by molar-refractivity contribution is 7.97. The number of carbonyl (C=O) groups is 3. The number of aromatic nitrogens is 3. The maximum atomic E-state index is 15.9. The summed E-state index contributed by atoms with van der Waals surface area (Å²) in [4.78, 5) is 53.9. The van der Waals surface area contributed by atoms with E-state index in [1.807, 2.05) is 109 Å². The quantitative estimate of drug-likeness (QED) is 0.0276. The summed E-state index contributed by atoms with van der Waals surface area (Å²) < 4.78 is 53.2. The van der Waals surface area contributed by atoms with Crippen LogP contribution in [0.3, 0.4) is 0 Å². The number of benzene rings is 6. The molecule has 0 aliphatic carbocycles. The summed E-state index contributed by atoms with van der Waals surface area (Å²) in [5.74, 6) is -2.74. The predicted octanol–water partition coefficient (Wildman–Crippen LogP) is 10.3. The van der Waals surface area contributed by atoms with Crippen LogP contribution in [0.5, 0.6) is 0 Å². The molecule has 8 aromatic rings. The van der Waals surface area contributed by atoms with E-state index in [4.69, 9.17) is 14.8 Å². The number of alkyl halides is 3. The van der Waals surface area contributed by atoms with E-state index >= 15 is 18.0 Å². The van der Waals surface area contributed by atoms with Crippen molar-refractivity contribution in [1.82, 2.24) is 25.4 Å². The van der Waals surface area contributed by atoms with Gasteiger partial charge in [-0.2, -0.15) is 13.2 Å². The third-order valence-corrected chi connectivity index (χ3v) is 14.9. The van der Waals surface area contributed by atoms with E-state index in [1.54, 1.807) is 78.9 Å². The molecule has 0 spiro atoms. The molecule has 19 heteroatoms. The molecule has 2 unspecified atom stereocenters. The highest BCUT2D eigenvalue weighted by atomic mass is 32.2. The van der Waals surface area contributed by atoms with E-state index < -0.39 is 63.5 Å². The van der Waals surface area contributed by atoms with E-state index in [2.05, 4.69) is 31.0 Å². The number of amides is 2. The number of hydrogen-bond acceptors (Lipinski definition) is 14. The summed E-state index contributed by atoms with van der Waals surface area (Å²) in [6, 6.07) is 52.6. The van der Waals surface area contributed by atoms with Crippen molar-refractivity contribution in [2.45, 2.75) is 46.6 Å².